The first kappa shape index (κ1) is 14.6. The van der Waals surface area contributed by atoms with Gasteiger partial charge in [0.25, 0.3) is 0 Å². The molecule has 0 saturated carbocycles. The third-order valence-electron chi connectivity index (χ3n) is 2.89. The number of guanidine groups is 1. The van der Waals surface area contributed by atoms with Gasteiger partial charge in [0.1, 0.15) is 0 Å². The molecule has 0 fully saturated rings. The highest BCUT2D eigenvalue weighted by Gasteiger charge is 2.00. The Balaban J connectivity index is 1.65. The summed E-state index contributed by atoms with van der Waals surface area (Å²) < 4.78 is 2.14. The number of thiazole rings is 1. The molecule has 0 bridgehead atoms. The number of nitrogens with one attached hydrogen (secondary N) is 2. The summed E-state index contributed by atoms with van der Waals surface area (Å²) in [4.78, 5) is 8.65. The molecule has 0 unspecified atom stereocenters. The summed E-state index contributed by atoms with van der Waals surface area (Å²) in [6.45, 7) is 4.65. The van der Waals surface area contributed by atoms with E-state index in [1.54, 1.807) is 18.4 Å². The smallest absolute Gasteiger partial charge is 0.191 e. The summed E-state index contributed by atoms with van der Waals surface area (Å²) in [6.07, 6.45) is 5.04. The van der Waals surface area contributed by atoms with E-state index < -0.39 is 0 Å². The van der Waals surface area contributed by atoms with Gasteiger partial charge in [-0.25, -0.2) is 4.98 Å². The number of hydrogen-bond acceptors (Lipinski definition) is 3. The van der Waals surface area contributed by atoms with Crippen LogP contribution in [0.2, 0.25) is 0 Å². The van der Waals surface area contributed by atoms with Gasteiger partial charge in [-0.05, 0) is 19.1 Å². The minimum absolute atomic E-state index is 0.837. The van der Waals surface area contributed by atoms with Gasteiger partial charge in [0.15, 0.2) is 5.96 Å². The molecule has 0 amide bonds. The molecule has 2 heterocycles. The fraction of sp³-hybridized carbons (Fsp3) is 0.429. The van der Waals surface area contributed by atoms with E-state index in [2.05, 4.69) is 43.0 Å². The fourth-order valence-corrected chi connectivity index (χ4v) is 2.52. The molecule has 0 aliphatic heterocycles. The molecule has 2 aromatic heterocycles. The summed E-state index contributed by atoms with van der Waals surface area (Å²) in [7, 11) is 1.79. The van der Waals surface area contributed by atoms with Crippen molar-refractivity contribution in [3.05, 3.63) is 40.6 Å². The lowest BCUT2D eigenvalue weighted by molar-refractivity contribution is 0.664. The molecule has 2 rings (SSSR count). The maximum absolute atomic E-state index is 4.44. The average Bonchev–Trinajstić information content (AvgIpc) is 3.09. The van der Waals surface area contributed by atoms with Crippen molar-refractivity contribution in [1.82, 2.24) is 20.2 Å². The topological polar surface area (TPSA) is 54.2 Å². The van der Waals surface area contributed by atoms with E-state index in [1.807, 2.05) is 19.1 Å². The lowest BCUT2D eigenvalue weighted by atomic mass is 10.3. The summed E-state index contributed by atoms with van der Waals surface area (Å²) in [6, 6.07) is 4.06. The molecular weight excluding hydrogens is 270 g/mol. The van der Waals surface area contributed by atoms with Gasteiger partial charge < -0.3 is 15.2 Å². The van der Waals surface area contributed by atoms with Crippen LogP contribution in [0.4, 0.5) is 0 Å². The normalized spacial score (nSPS) is 11.6. The summed E-state index contributed by atoms with van der Waals surface area (Å²) in [5.41, 5.74) is 1.14. The van der Waals surface area contributed by atoms with Crippen LogP contribution < -0.4 is 10.6 Å². The second-order valence-corrected chi connectivity index (χ2v) is 5.52. The van der Waals surface area contributed by atoms with Gasteiger partial charge >= 0.3 is 0 Å². The molecule has 0 saturated heterocycles. The van der Waals surface area contributed by atoms with E-state index in [-0.39, 0.29) is 0 Å². The SMILES string of the molecule is CN=C(NCCc1csc(C)n1)NCCn1cccc1. The Morgan fingerprint density at radius 2 is 2.05 bits per heavy atom. The number of nitrogens with zero attached hydrogens (tertiary/aromatic N) is 3. The van der Waals surface area contributed by atoms with Crippen molar-refractivity contribution in [3.63, 3.8) is 0 Å². The zero-order valence-corrected chi connectivity index (χ0v) is 12.8. The summed E-state index contributed by atoms with van der Waals surface area (Å²) in [5, 5.41) is 9.83. The first-order valence-corrected chi connectivity index (χ1v) is 7.62. The number of rotatable bonds is 6. The Morgan fingerprint density at radius 1 is 1.30 bits per heavy atom. The zero-order valence-electron chi connectivity index (χ0n) is 12.0. The minimum atomic E-state index is 0.837. The largest absolute Gasteiger partial charge is 0.356 e. The van der Waals surface area contributed by atoms with Gasteiger partial charge in [-0.2, -0.15) is 0 Å². The summed E-state index contributed by atoms with van der Waals surface area (Å²) in [5.74, 6) is 0.837. The fourth-order valence-electron chi connectivity index (χ4n) is 1.88. The number of aliphatic imine (C=N–C) groups is 1. The van der Waals surface area contributed by atoms with Crippen LogP contribution in [0.1, 0.15) is 10.7 Å². The van der Waals surface area contributed by atoms with Gasteiger partial charge in [0.05, 0.1) is 10.7 Å². The van der Waals surface area contributed by atoms with Crippen molar-refractivity contribution >= 4 is 17.3 Å². The predicted molar refractivity (Wildman–Crippen MR) is 84.4 cm³/mol. The van der Waals surface area contributed by atoms with Crippen molar-refractivity contribution in [2.45, 2.75) is 19.9 Å². The quantitative estimate of drug-likeness (QED) is 0.629. The third-order valence-corrected chi connectivity index (χ3v) is 3.71. The molecule has 2 aromatic rings. The molecule has 0 aliphatic rings. The van der Waals surface area contributed by atoms with Gasteiger partial charge in [-0.1, -0.05) is 0 Å². The van der Waals surface area contributed by atoms with E-state index in [9.17, 15) is 0 Å². The van der Waals surface area contributed by atoms with Crippen molar-refractivity contribution in [2.75, 3.05) is 20.1 Å². The molecule has 0 spiro atoms. The van der Waals surface area contributed by atoms with Gasteiger partial charge in [-0.15, -0.1) is 11.3 Å². The van der Waals surface area contributed by atoms with Crippen molar-refractivity contribution < 1.29 is 0 Å². The zero-order chi connectivity index (χ0) is 14.2. The monoisotopic (exact) mass is 291 g/mol. The van der Waals surface area contributed by atoms with E-state index in [4.69, 9.17) is 0 Å². The maximum atomic E-state index is 4.44. The molecule has 108 valence electrons. The molecule has 0 aliphatic carbocycles. The van der Waals surface area contributed by atoms with E-state index in [0.29, 0.717) is 0 Å². The highest BCUT2D eigenvalue weighted by Crippen LogP contribution is 2.07. The van der Waals surface area contributed by atoms with Crippen LogP contribution in [0.3, 0.4) is 0 Å². The predicted octanol–water partition coefficient (Wildman–Crippen LogP) is 1.66. The van der Waals surface area contributed by atoms with E-state index in [1.165, 1.54) is 0 Å². The van der Waals surface area contributed by atoms with Gasteiger partial charge in [0, 0.05) is 50.9 Å². The lowest BCUT2D eigenvalue weighted by Crippen LogP contribution is -2.39. The molecule has 6 heteroatoms. The van der Waals surface area contributed by atoms with Gasteiger partial charge in [0.2, 0.25) is 0 Å². The molecule has 0 atom stereocenters. The van der Waals surface area contributed by atoms with Crippen molar-refractivity contribution in [2.24, 2.45) is 4.99 Å². The second kappa shape index (κ2) is 7.69. The van der Waals surface area contributed by atoms with Gasteiger partial charge in [-0.3, -0.25) is 4.99 Å². The third kappa shape index (κ3) is 4.70. The first-order chi connectivity index (χ1) is 9.78. The van der Waals surface area contributed by atoms with E-state index >= 15 is 0 Å². The maximum Gasteiger partial charge on any atom is 0.191 e. The Bertz CT molecular complexity index is 530. The van der Waals surface area contributed by atoms with Crippen LogP contribution in [-0.4, -0.2) is 35.6 Å². The first-order valence-electron chi connectivity index (χ1n) is 6.74. The number of hydrogen-bond donors (Lipinski definition) is 2. The molecule has 0 radical (unpaired) electrons. The summed E-state index contributed by atoms with van der Waals surface area (Å²) >= 11 is 1.69. The number of aromatic nitrogens is 2. The highest BCUT2D eigenvalue weighted by atomic mass is 32.1. The van der Waals surface area contributed by atoms with Crippen LogP contribution in [0.5, 0.6) is 0 Å². The molecule has 2 N–H and O–H groups in total. The average molecular weight is 291 g/mol. The standard InChI is InChI=1S/C14H21N5S/c1-12-18-13(11-20-12)5-6-16-14(15-2)17-7-10-19-8-3-4-9-19/h3-4,8-9,11H,5-7,10H2,1-2H3,(H2,15,16,17). The van der Waals surface area contributed by atoms with Crippen LogP contribution in [-0.2, 0) is 13.0 Å². The Morgan fingerprint density at radius 3 is 2.70 bits per heavy atom. The Labute approximate surface area is 123 Å². The Kier molecular flexibility index (Phi) is 5.61. The van der Waals surface area contributed by atoms with E-state index in [0.717, 1.165) is 42.7 Å². The molecular formula is C14H21N5S. The van der Waals surface area contributed by atoms with Crippen LogP contribution in [0.15, 0.2) is 34.9 Å². The van der Waals surface area contributed by atoms with Crippen molar-refractivity contribution in [1.29, 1.82) is 0 Å². The molecule has 5 nitrogen and oxygen atoms in total. The molecule has 20 heavy (non-hydrogen) atoms. The van der Waals surface area contributed by atoms with Crippen molar-refractivity contribution in [3.8, 4) is 0 Å². The van der Waals surface area contributed by atoms with Crippen LogP contribution in [0, 0.1) is 6.92 Å². The second-order valence-electron chi connectivity index (χ2n) is 4.45. The highest BCUT2D eigenvalue weighted by molar-refractivity contribution is 7.09. The van der Waals surface area contributed by atoms with Crippen LogP contribution >= 0.6 is 11.3 Å². The lowest BCUT2D eigenvalue weighted by Gasteiger charge is -2.11. The molecule has 0 aromatic carbocycles. The number of aryl methyl sites for hydroxylation is 1. The Hall–Kier alpha value is -1.82. The minimum Gasteiger partial charge on any atom is -0.356 e. The van der Waals surface area contributed by atoms with Crippen LogP contribution in [0.25, 0.3) is 0 Å².